The maximum Gasteiger partial charge on any atom is 0.407 e. The summed E-state index contributed by atoms with van der Waals surface area (Å²) in [5, 5.41) is 10.6. The van der Waals surface area contributed by atoms with Crippen molar-refractivity contribution >= 4 is 33.9 Å². The van der Waals surface area contributed by atoms with Crippen molar-refractivity contribution in [3.63, 3.8) is 0 Å². The number of nitrogens with zero attached hydrogens (tertiary/aromatic N) is 2. The average Bonchev–Trinajstić information content (AvgIpc) is 2.87. The summed E-state index contributed by atoms with van der Waals surface area (Å²) in [5.74, 6) is -2.21. The molecule has 0 spiro atoms. The second-order valence-electron chi connectivity index (χ2n) is 7.16. The van der Waals surface area contributed by atoms with Crippen molar-refractivity contribution < 1.29 is 32.6 Å². The summed E-state index contributed by atoms with van der Waals surface area (Å²) in [6, 6.07) is 3.23. The third-order valence-electron chi connectivity index (χ3n) is 5.17. The Bertz CT molecular complexity index is 995. The number of hydrogen-bond acceptors (Lipinski definition) is 8. The topological polar surface area (TPSA) is 169 Å². The van der Waals surface area contributed by atoms with Crippen molar-refractivity contribution in [3.8, 4) is 0 Å². The van der Waals surface area contributed by atoms with E-state index in [1.807, 2.05) is 0 Å². The first-order chi connectivity index (χ1) is 14.1. The lowest BCUT2D eigenvalue weighted by atomic mass is 9.94. The van der Waals surface area contributed by atoms with Crippen LogP contribution in [0.1, 0.15) is 19.0 Å². The number of β-lactam (4-membered cyclic amide) rings is 1. The summed E-state index contributed by atoms with van der Waals surface area (Å²) >= 11 is 0. The number of alkyl carbamates (subject to hydrolysis) is 1. The van der Waals surface area contributed by atoms with Crippen LogP contribution in [0.2, 0.25) is 0 Å². The van der Waals surface area contributed by atoms with E-state index in [1.165, 1.54) is 12.3 Å². The van der Waals surface area contributed by atoms with Crippen LogP contribution in [-0.2, 0) is 24.2 Å². The largest absolute Gasteiger partial charge is 0.480 e. The minimum absolute atomic E-state index is 0.0731. The number of amides is 2. The molecule has 11 nitrogen and oxygen atoms in total. The van der Waals surface area contributed by atoms with Gasteiger partial charge in [-0.3, -0.25) is 9.78 Å². The lowest BCUT2D eigenvalue weighted by molar-refractivity contribution is -0.153. The number of ether oxygens (including phenoxy) is 1. The molecular weight excluding hydrogens is 416 g/mol. The Kier molecular flexibility index (Phi) is 5.81. The SMILES string of the molecule is C[C@]1(COC(=O)NCCCN)[C@H](C(=O)O)N2C(=O)/C(=C/c3ccccn3)C2S1(=O)=O. The number of nitrogens with two attached hydrogens (primary N) is 1. The van der Waals surface area contributed by atoms with Crippen LogP contribution in [0.3, 0.4) is 0 Å². The summed E-state index contributed by atoms with van der Waals surface area (Å²) in [6.07, 6.45) is 2.41. The maximum atomic E-state index is 13.3. The van der Waals surface area contributed by atoms with Crippen molar-refractivity contribution in [1.82, 2.24) is 15.2 Å². The zero-order valence-electron chi connectivity index (χ0n) is 16.1. The number of carboxylic acids is 1. The Hall–Kier alpha value is -2.99. The van der Waals surface area contributed by atoms with Gasteiger partial charge < -0.3 is 25.8 Å². The number of aromatic nitrogens is 1. The van der Waals surface area contributed by atoms with E-state index in [1.54, 1.807) is 18.2 Å². The van der Waals surface area contributed by atoms with Crippen LogP contribution in [0.4, 0.5) is 4.79 Å². The molecule has 2 aliphatic rings. The highest BCUT2D eigenvalue weighted by molar-refractivity contribution is 7.94. The molecule has 2 saturated heterocycles. The fourth-order valence-electron chi connectivity index (χ4n) is 3.57. The van der Waals surface area contributed by atoms with Crippen LogP contribution in [0, 0.1) is 0 Å². The Morgan fingerprint density at radius 2 is 2.17 bits per heavy atom. The van der Waals surface area contributed by atoms with Crippen molar-refractivity contribution in [2.45, 2.75) is 29.5 Å². The maximum absolute atomic E-state index is 13.3. The number of aliphatic carboxylic acids is 1. The van der Waals surface area contributed by atoms with E-state index >= 15 is 0 Å². The minimum atomic E-state index is -4.24. The molecule has 0 aliphatic carbocycles. The molecule has 2 fully saturated rings. The van der Waals surface area contributed by atoms with E-state index in [-0.39, 0.29) is 12.1 Å². The molecule has 1 aromatic rings. The van der Waals surface area contributed by atoms with Gasteiger partial charge in [0.1, 0.15) is 11.4 Å². The Morgan fingerprint density at radius 1 is 1.43 bits per heavy atom. The van der Waals surface area contributed by atoms with Gasteiger partial charge >= 0.3 is 12.1 Å². The second-order valence-corrected chi connectivity index (χ2v) is 9.63. The Balaban J connectivity index is 1.89. The molecule has 2 amide bonds. The van der Waals surface area contributed by atoms with E-state index in [4.69, 9.17) is 10.5 Å². The molecule has 3 rings (SSSR count). The first-order valence-electron chi connectivity index (χ1n) is 9.17. The van der Waals surface area contributed by atoms with E-state index < -0.39 is 50.6 Å². The predicted molar refractivity (Wildman–Crippen MR) is 105 cm³/mol. The molecule has 0 saturated carbocycles. The van der Waals surface area contributed by atoms with E-state index in [0.29, 0.717) is 18.7 Å². The van der Waals surface area contributed by atoms with E-state index in [2.05, 4.69) is 10.3 Å². The van der Waals surface area contributed by atoms with Gasteiger partial charge in [0.05, 0.1) is 11.3 Å². The molecule has 3 atom stereocenters. The number of carbonyl (C=O) groups excluding carboxylic acids is 2. The van der Waals surface area contributed by atoms with E-state index in [9.17, 15) is 27.9 Å². The van der Waals surface area contributed by atoms with Crippen LogP contribution in [0.25, 0.3) is 6.08 Å². The lowest BCUT2D eigenvalue weighted by Crippen LogP contribution is -2.59. The lowest BCUT2D eigenvalue weighted by Gasteiger charge is -2.37. The third kappa shape index (κ3) is 3.41. The Labute approximate surface area is 172 Å². The standard InChI is InChI=1S/C18H22N4O7S/c1-18(10-29-17(26)21-8-4-6-19)13(16(24)25)22-14(23)12(15(22)30(18,27)28)9-11-5-2-3-7-20-11/h2-3,5,7,9,13,15H,4,6,8,10,19H2,1H3,(H,21,26)(H,24,25)/b12-9-/t13-,15?,18-/m0/s1. The number of carbonyl (C=O) groups is 3. The molecule has 0 aromatic carbocycles. The van der Waals surface area contributed by atoms with Crippen LogP contribution in [0.5, 0.6) is 0 Å². The second kappa shape index (κ2) is 8.03. The number of pyridine rings is 1. The van der Waals surface area contributed by atoms with Gasteiger partial charge in [0.15, 0.2) is 21.3 Å². The molecule has 0 bridgehead atoms. The minimum Gasteiger partial charge on any atom is -0.480 e. The molecule has 2 aliphatic heterocycles. The highest BCUT2D eigenvalue weighted by atomic mass is 32.2. The monoisotopic (exact) mass is 438 g/mol. The molecule has 3 heterocycles. The first-order valence-corrected chi connectivity index (χ1v) is 10.7. The van der Waals surface area contributed by atoms with Crippen molar-refractivity contribution in [2.24, 2.45) is 5.73 Å². The van der Waals surface area contributed by atoms with Crippen LogP contribution in [0.15, 0.2) is 30.0 Å². The van der Waals surface area contributed by atoms with Gasteiger partial charge in [-0.25, -0.2) is 18.0 Å². The zero-order valence-corrected chi connectivity index (χ0v) is 17.0. The van der Waals surface area contributed by atoms with Gasteiger partial charge in [-0.15, -0.1) is 0 Å². The third-order valence-corrected chi connectivity index (χ3v) is 7.88. The van der Waals surface area contributed by atoms with Gasteiger partial charge in [-0.05, 0) is 38.1 Å². The highest BCUT2D eigenvalue weighted by Crippen LogP contribution is 2.49. The summed E-state index contributed by atoms with van der Waals surface area (Å²) in [5.41, 5.74) is 5.63. The number of nitrogens with one attached hydrogen (secondary N) is 1. The molecule has 0 radical (unpaired) electrons. The number of sulfone groups is 1. The molecular formula is C18H22N4O7S. The highest BCUT2D eigenvalue weighted by Gasteiger charge is 2.72. The van der Waals surface area contributed by atoms with Crippen molar-refractivity contribution in [1.29, 1.82) is 0 Å². The summed E-state index contributed by atoms with van der Waals surface area (Å²) in [4.78, 5) is 41.2. The van der Waals surface area contributed by atoms with Crippen LogP contribution >= 0.6 is 0 Å². The molecule has 1 unspecified atom stereocenters. The fourth-order valence-corrected chi connectivity index (χ4v) is 5.84. The average molecular weight is 438 g/mol. The summed E-state index contributed by atoms with van der Waals surface area (Å²) in [7, 11) is -4.24. The molecule has 12 heteroatoms. The van der Waals surface area contributed by atoms with Crippen molar-refractivity contribution in [3.05, 3.63) is 35.7 Å². The Morgan fingerprint density at radius 3 is 2.77 bits per heavy atom. The fraction of sp³-hybridized carbons (Fsp3) is 0.444. The quantitative estimate of drug-likeness (QED) is 0.284. The number of carboxylic acid groups (broad SMARTS) is 1. The normalized spacial score (nSPS) is 28.0. The molecule has 162 valence electrons. The van der Waals surface area contributed by atoms with Gasteiger partial charge in [0.2, 0.25) is 0 Å². The number of fused-ring (bicyclic) bond motifs is 1. The zero-order chi connectivity index (χ0) is 22.1. The molecule has 4 N–H and O–H groups in total. The van der Waals surface area contributed by atoms with E-state index in [0.717, 1.165) is 11.8 Å². The molecule has 30 heavy (non-hydrogen) atoms. The van der Waals surface area contributed by atoms with Crippen LogP contribution < -0.4 is 11.1 Å². The van der Waals surface area contributed by atoms with Crippen molar-refractivity contribution in [2.75, 3.05) is 19.7 Å². The van der Waals surface area contributed by atoms with Gasteiger partial charge in [-0.2, -0.15) is 0 Å². The number of hydrogen-bond donors (Lipinski definition) is 3. The first kappa shape index (κ1) is 21.7. The molecule has 1 aromatic heterocycles. The van der Waals surface area contributed by atoms with Gasteiger partial charge in [0, 0.05) is 12.7 Å². The smallest absolute Gasteiger partial charge is 0.407 e. The summed E-state index contributed by atoms with van der Waals surface area (Å²) < 4.78 is 29.5. The van der Waals surface area contributed by atoms with Gasteiger partial charge in [-0.1, -0.05) is 6.07 Å². The summed E-state index contributed by atoms with van der Waals surface area (Å²) in [6.45, 7) is 1.01. The van der Waals surface area contributed by atoms with Crippen LogP contribution in [-0.4, -0.2) is 77.2 Å². The predicted octanol–water partition coefficient (Wildman–Crippen LogP) is -0.651. The van der Waals surface area contributed by atoms with Gasteiger partial charge in [0.25, 0.3) is 5.91 Å². The number of rotatable bonds is 7.